The number of carbonyl (C=O) groups is 4. The number of amides is 4. The number of halogens is 4. The standard InChI is InChI=1S/C26H31F4N5O5/c1-13-10-32-35(22(13)26(28,29)30)16-4-6-17(7-5-16)40-25(39)31-11-14-2-3-15-12-34(24(38)20(15)21(14)27)18-8-9-19(36)33-23(18)37/h2-3,13,16-18,22,32H,4-12H2,1H3,(H,31,39)(H,33,36,37). The first-order valence-electron chi connectivity index (χ1n) is 13.4. The second-order valence-electron chi connectivity index (χ2n) is 10.9. The topological polar surface area (TPSA) is 120 Å². The molecule has 3 fully saturated rings. The lowest BCUT2D eigenvalue weighted by atomic mass is 9.91. The quantitative estimate of drug-likeness (QED) is 0.368. The number of hydrogen-bond acceptors (Lipinski definition) is 7. The van der Waals surface area contributed by atoms with Crippen LogP contribution in [-0.2, 0) is 27.4 Å². The first-order chi connectivity index (χ1) is 18.9. The van der Waals surface area contributed by atoms with Crippen molar-refractivity contribution in [2.45, 2.75) is 88.9 Å². The molecule has 4 amide bonds. The summed E-state index contributed by atoms with van der Waals surface area (Å²) >= 11 is 0. The number of hydrogen-bond donors (Lipinski definition) is 3. The largest absolute Gasteiger partial charge is 0.446 e. The second-order valence-corrected chi connectivity index (χ2v) is 10.9. The molecule has 3 aliphatic heterocycles. The van der Waals surface area contributed by atoms with Crippen LogP contribution in [0, 0.1) is 11.7 Å². The maximum atomic E-state index is 15.3. The molecule has 0 spiro atoms. The van der Waals surface area contributed by atoms with E-state index in [1.165, 1.54) is 16.0 Å². The molecule has 0 radical (unpaired) electrons. The Morgan fingerprint density at radius 3 is 2.52 bits per heavy atom. The zero-order chi connectivity index (χ0) is 28.8. The molecule has 1 aromatic rings. The SMILES string of the molecule is CC1CNN(C2CCC(OC(=O)NCc3ccc4c(c3F)C(=O)N(C3CCC(=O)NC3=O)C4)CC2)C1C(F)(F)F. The van der Waals surface area contributed by atoms with Gasteiger partial charge in [0, 0.05) is 37.7 Å². The molecule has 14 heteroatoms. The van der Waals surface area contributed by atoms with E-state index in [0.29, 0.717) is 31.2 Å². The van der Waals surface area contributed by atoms with Gasteiger partial charge in [0.1, 0.15) is 24.0 Å². The Hall–Kier alpha value is -3.26. The highest BCUT2D eigenvalue weighted by Crippen LogP contribution is 2.37. The number of imide groups is 1. The predicted molar refractivity (Wildman–Crippen MR) is 131 cm³/mol. The van der Waals surface area contributed by atoms with Gasteiger partial charge in [0.05, 0.1) is 5.56 Å². The van der Waals surface area contributed by atoms with Gasteiger partial charge >= 0.3 is 12.3 Å². The van der Waals surface area contributed by atoms with Crippen molar-refractivity contribution in [3.63, 3.8) is 0 Å². The highest BCUT2D eigenvalue weighted by Gasteiger charge is 2.52. The summed E-state index contributed by atoms with van der Waals surface area (Å²) in [6, 6.07) is 0.267. The predicted octanol–water partition coefficient (Wildman–Crippen LogP) is 2.51. The summed E-state index contributed by atoms with van der Waals surface area (Å²) in [5.74, 6) is -3.03. The third kappa shape index (κ3) is 5.51. The van der Waals surface area contributed by atoms with Crippen molar-refractivity contribution >= 4 is 23.8 Å². The van der Waals surface area contributed by atoms with Gasteiger partial charge in [0.2, 0.25) is 11.8 Å². The van der Waals surface area contributed by atoms with Crippen molar-refractivity contribution < 1.29 is 41.5 Å². The van der Waals surface area contributed by atoms with Crippen LogP contribution in [0.3, 0.4) is 0 Å². The Balaban J connectivity index is 1.12. The third-order valence-electron chi connectivity index (χ3n) is 8.21. The molecule has 3 heterocycles. The monoisotopic (exact) mass is 569 g/mol. The molecule has 3 atom stereocenters. The van der Waals surface area contributed by atoms with E-state index in [0.717, 1.165) is 0 Å². The number of benzene rings is 1. The van der Waals surface area contributed by atoms with Crippen LogP contribution < -0.4 is 16.1 Å². The van der Waals surface area contributed by atoms with E-state index in [1.54, 1.807) is 13.0 Å². The molecule has 4 aliphatic rings. The van der Waals surface area contributed by atoms with E-state index in [2.05, 4.69) is 16.1 Å². The van der Waals surface area contributed by atoms with Gasteiger partial charge < -0.3 is 15.0 Å². The van der Waals surface area contributed by atoms with Crippen LogP contribution in [0.4, 0.5) is 22.4 Å². The number of alkyl carbamates (subject to hydrolysis) is 1. The molecule has 10 nitrogen and oxygen atoms in total. The van der Waals surface area contributed by atoms with E-state index in [1.807, 2.05) is 0 Å². The average molecular weight is 570 g/mol. The maximum Gasteiger partial charge on any atom is 0.407 e. The van der Waals surface area contributed by atoms with E-state index in [4.69, 9.17) is 4.74 Å². The van der Waals surface area contributed by atoms with Gasteiger partial charge in [-0.25, -0.2) is 14.2 Å². The van der Waals surface area contributed by atoms with Crippen molar-refractivity contribution in [2.24, 2.45) is 5.92 Å². The fraction of sp³-hybridized carbons (Fsp3) is 0.615. The Kier molecular flexibility index (Phi) is 7.75. The van der Waals surface area contributed by atoms with Crippen molar-refractivity contribution in [3.05, 3.63) is 34.6 Å². The molecule has 3 unspecified atom stereocenters. The minimum atomic E-state index is -4.34. The van der Waals surface area contributed by atoms with Gasteiger partial charge in [0.25, 0.3) is 5.91 Å². The minimum absolute atomic E-state index is 0.0331. The van der Waals surface area contributed by atoms with E-state index < -0.39 is 59.9 Å². The average Bonchev–Trinajstić information content (AvgIpc) is 3.44. The zero-order valence-electron chi connectivity index (χ0n) is 21.9. The number of fused-ring (bicyclic) bond motifs is 1. The molecule has 2 saturated heterocycles. The van der Waals surface area contributed by atoms with Gasteiger partial charge in [-0.1, -0.05) is 19.1 Å². The van der Waals surface area contributed by atoms with Gasteiger partial charge in [-0.3, -0.25) is 25.1 Å². The number of piperidine rings is 1. The molecule has 218 valence electrons. The lowest BCUT2D eigenvalue weighted by Gasteiger charge is -2.38. The molecule has 3 N–H and O–H groups in total. The van der Waals surface area contributed by atoms with Crippen molar-refractivity contribution in [1.29, 1.82) is 0 Å². The Labute approximate surface area is 227 Å². The first kappa shape index (κ1) is 28.3. The van der Waals surface area contributed by atoms with Crippen LogP contribution in [0.5, 0.6) is 0 Å². The van der Waals surface area contributed by atoms with Crippen molar-refractivity contribution in [3.8, 4) is 0 Å². The fourth-order valence-corrected chi connectivity index (χ4v) is 6.16. The zero-order valence-corrected chi connectivity index (χ0v) is 21.9. The molecule has 1 aromatic carbocycles. The van der Waals surface area contributed by atoms with E-state index >= 15 is 4.39 Å². The van der Waals surface area contributed by atoms with Crippen molar-refractivity contribution in [2.75, 3.05) is 6.54 Å². The van der Waals surface area contributed by atoms with Crippen LogP contribution in [0.25, 0.3) is 0 Å². The summed E-state index contributed by atoms with van der Waals surface area (Å²) in [6.45, 7) is 1.61. The number of carbonyl (C=O) groups excluding carboxylic acids is 4. The lowest BCUT2D eigenvalue weighted by Crippen LogP contribution is -2.53. The van der Waals surface area contributed by atoms with Gasteiger partial charge in [-0.05, 0) is 43.6 Å². The molecule has 0 bridgehead atoms. The van der Waals surface area contributed by atoms with E-state index in [-0.39, 0.29) is 49.6 Å². The summed E-state index contributed by atoms with van der Waals surface area (Å²) in [4.78, 5) is 50.2. The maximum absolute atomic E-state index is 15.3. The Morgan fingerprint density at radius 1 is 1.12 bits per heavy atom. The molecule has 0 aromatic heterocycles. The van der Waals surface area contributed by atoms with Crippen LogP contribution in [0.15, 0.2) is 12.1 Å². The number of alkyl halides is 3. The minimum Gasteiger partial charge on any atom is -0.446 e. The summed E-state index contributed by atoms with van der Waals surface area (Å²) < 4.78 is 61.2. The Bertz CT molecular complexity index is 1200. The normalized spacial score (nSPS) is 29.4. The highest BCUT2D eigenvalue weighted by atomic mass is 19.4. The molecular weight excluding hydrogens is 538 g/mol. The van der Waals surface area contributed by atoms with Gasteiger partial charge in [-0.15, -0.1) is 0 Å². The summed E-state index contributed by atoms with van der Waals surface area (Å²) in [5, 5.41) is 5.98. The molecule has 5 rings (SSSR count). The summed E-state index contributed by atoms with van der Waals surface area (Å²) in [7, 11) is 0. The third-order valence-corrected chi connectivity index (χ3v) is 8.21. The van der Waals surface area contributed by atoms with Crippen LogP contribution in [-0.4, -0.2) is 70.7 Å². The first-order valence-corrected chi connectivity index (χ1v) is 13.4. The number of hydrazine groups is 1. The second kappa shape index (κ2) is 11.0. The highest BCUT2D eigenvalue weighted by molar-refractivity contribution is 6.05. The van der Waals surface area contributed by atoms with Crippen LogP contribution >= 0.6 is 0 Å². The van der Waals surface area contributed by atoms with Gasteiger partial charge in [0.15, 0.2) is 0 Å². The molecule has 40 heavy (non-hydrogen) atoms. The number of rotatable bonds is 5. The van der Waals surface area contributed by atoms with Crippen molar-refractivity contribution in [1.82, 2.24) is 26.0 Å². The smallest absolute Gasteiger partial charge is 0.407 e. The number of ether oxygens (including phenoxy) is 1. The summed E-state index contributed by atoms with van der Waals surface area (Å²) in [5.41, 5.74) is 3.17. The van der Waals surface area contributed by atoms with Gasteiger partial charge in [-0.2, -0.15) is 13.2 Å². The number of nitrogens with one attached hydrogen (secondary N) is 3. The number of nitrogens with zero attached hydrogens (tertiary/aromatic N) is 2. The van der Waals surface area contributed by atoms with E-state index in [9.17, 15) is 32.3 Å². The van der Waals surface area contributed by atoms with Crippen LogP contribution in [0.1, 0.15) is 66.9 Å². The molecular formula is C26H31F4N5O5. The Morgan fingerprint density at radius 2 is 1.85 bits per heavy atom. The fourth-order valence-electron chi connectivity index (χ4n) is 6.16. The lowest BCUT2D eigenvalue weighted by molar-refractivity contribution is -0.196. The molecule has 1 aliphatic carbocycles. The summed E-state index contributed by atoms with van der Waals surface area (Å²) in [6.07, 6.45) is -3.72. The van der Waals surface area contributed by atoms with Crippen LogP contribution in [0.2, 0.25) is 0 Å². The molecule has 1 saturated carbocycles.